The number of nitrogens with one attached hydrogen (secondary N) is 1. The van der Waals surface area contributed by atoms with Gasteiger partial charge in [0.05, 0.1) is 4.91 Å². The summed E-state index contributed by atoms with van der Waals surface area (Å²) in [4.78, 5) is 23.0. The highest BCUT2D eigenvalue weighted by Crippen LogP contribution is 2.30. The van der Waals surface area contributed by atoms with Crippen molar-refractivity contribution < 1.29 is 14.0 Å². The third-order valence-corrected chi connectivity index (χ3v) is 4.39. The van der Waals surface area contributed by atoms with E-state index >= 15 is 0 Å². The zero-order valence-corrected chi connectivity index (χ0v) is 14.0. The van der Waals surface area contributed by atoms with Gasteiger partial charge in [0.15, 0.2) is 0 Å². The first-order chi connectivity index (χ1) is 10.8. The molecule has 2 amide bonds. The number of imide groups is 1. The van der Waals surface area contributed by atoms with E-state index < -0.39 is 0 Å². The third kappa shape index (κ3) is 3.40. The predicted octanol–water partition coefficient (Wildman–Crippen LogP) is 4.57. The highest BCUT2D eigenvalue weighted by Gasteiger charge is 2.25. The Balaban J connectivity index is 1.84. The number of thioether (sulfide) groups is 1. The van der Waals surface area contributed by atoms with Crippen molar-refractivity contribution >= 4 is 29.0 Å². The maximum atomic E-state index is 11.5. The standard InChI is InChI=1S/C18H17NO3S/c1-18(2,3)12-6-4-11(5-7-12)14-9-8-13(22-14)10-15-16(20)19-17(21)23-15/h4-10H,1-3H3,(H,19,20,21)/b15-10-. The number of carbonyl (C=O) groups is 2. The molecule has 3 rings (SSSR count). The van der Waals surface area contributed by atoms with Gasteiger partial charge < -0.3 is 4.42 Å². The van der Waals surface area contributed by atoms with Crippen molar-refractivity contribution in [3.8, 4) is 11.3 Å². The van der Waals surface area contributed by atoms with E-state index in [1.54, 1.807) is 12.1 Å². The summed E-state index contributed by atoms with van der Waals surface area (Å²) in [6, 6.07) is 11.9. The van der Waals surface area contributed by atoms with Gasteiger partial charge in [-0.1, -0.05) is 45.0 Å². The molecular weight excluding hydrogens is 310 g/mol. The molecule has 1 aromatic carbocycles. The summed E-state index contributed by atoms with van der Waals surface area (Å²) < 4.78 is 5.76. The van der Waals surface area contributed by atoms with Crippen molar-refractivity contribution in [2.45, 2.75) is 26.2 Å². The molecule has 0 unspecified atom stereocenters. The van der Waals surface area contributed by atoms with E-state index in [2.05, 4.69) is 38.2 Å². The molecule has 1 N–H and O–H groups in total. The van der Waals surface area contributed by atoms with Gasteiger partial charge in [-0.15, -0.1) is 0 Å². The van der Waals surface area contributed by atoms with Crippen molar-refractivity contribution in [3.05, 3.63) is 52.6 Å². The molecule has 118 valence electrons. The topological polar surface area (TPSA) is 59.3 Å². The molecule has 0 bridgehead atoms. The van der Waals surface area contributed by atoms with Crippen molar-refractivity contribution in [2.24, 2.45) is 0 Å². The summed E-state index contributed by atoms with van der Waals surface area (Å²) in [6.45, 7) is 6.51. The number of furan rings is 1. The second kappa shape index (κ2) is 5.74. The Morgan fingerprint density at radius 1 is 1.04 bits per heavy atom. The normalized spacial score (nSPS) is 16.9. The van der Waals surface area contributed by atoms with Crippen LogP contribution in [0.3, 0.4) is 0 Å². The average Bonchev–Trinajstić information content (AvgIpc) is 3.06. The van der Waals surface area contributed by atoms with E-state index in [9.17, 15) is 9.59 Å². The first-order valence-electron chi connectivity index (χ1n) is 7.28. The quantitative estimate of drug-likeness (QED) is 0.821. The van der Waals surface area contributed by atoms with E-state index in [0.717, 1.165) is 23.1 Å². The molecule has 23 heavy (non-hydrogen) atoms. The van der Waals surface area contributed by atoms with Gasteiger partial charge in [-0.3, -0.25) is 14.9 Å². The molecule has 1 aliphatic heterocycles. The highest BCUT2D eigenvalue weighted by molar-refractivity contribution is 8.18. The van der Waals surface area contributed by atoms with Gasteiger partial charge in [0.1, 0.15) is 11.5 Å². The number of hydrogen-bond donors (Lipinski definition) is 1. The number of carbonyl (C=O) groups excluding carboxylic acids is 2. The second-order valence-corrected chi connectivity index (χ2v) is 7.40. The Kier molecular flexibility index (Phi) is 3.90. The summed E-state index contributed by atoms with van der Waals surface area (Å²) in [5, 5.41) is 1.87. The zero-order valence-electron chi connectivity index (χ0n) is 13.2. The maximum absolute atomic E-state index is 11.5. The Morgan fingerprint density at radius 2 is 1.74 bits per heavy atom. The fourth-order valence-corrected chi connectivity index (χ4v) is 2.93. The summed E-state index contributed by atoms with van der Waals surface area (Å²) in [6.07, 6.45) is 1.58. The second-order valence-electron chi connectivity index (χ2n) is 6.38. The summed E-state index contributed by atoms with van der Waals surface area (Å²) in [5.41, 5.74) is 2.34. The molecule has 5 heteroatoms. The lowest BCUT2D eigenvalue weighted by molar-refractivity contribution is -0.115. The number of rotatable bonds is 2. The van der Waals surface area contributed by atoms with Crippen LogP contribution < -0.4 is 5.32 Å². The van der Waals surface area contributed by atoms with E-state index in [1.807, 2.05) is 18.2 Å². The van der Waals surface area contributed by atoms with Gasteiger partial charge in [0, 0.05) is 11.6 Å². The molecule has 2 aromatic rings. The van der Waals surface area contributed by atoms with Gasteiger partial charge in [-0.05, 0) is 34.9 Å². The van der Waals surface area contributed by atoms with Crippen LogP contribution >= 0.6 is 11.8 Å². The number of hydrogen-bond acceptors (Lipinski definition) is 4. The Morgan fingerprint density at radius 3 is 2.30 bits per heavy atom. The van der Waals surface area contributed by atoms with Crippen LogP contribution in [0.25, 0.3) is 17.4 Å². The SMILES string of the molecule is CC(C)(C)c1ccc(-c2ccc(/C=C3\SC(=O)NC3=O)o2)cc1. The van der Waals surface area contributed by atoms with Crippen LogP contribution in [0, 0.1) is 0 Å². The van der Waals surface area contributed by atoms with E-state index in [0.29, 0.717) is 10.7 Å². The highest BCUT2D eigenvalue weighted by atomic mass is 32.2. The predicted molar refractivity (Wildman–Crippen MR) is 92.0 cm³/mol. The van der Waals surface area contributed by atoms with Crippen molar-refractivity contribution in [3.63, 3.8) is 0 Å². The van der Waals surface area contributed by atoms with Crippen molar-refractivity contribution in [1.29, 1.82) is 0 Å². The van der Waals surface area contributed by atoms with E-state index in [4.69, 9.17) is 4.42 Å². The Hall–Kier alpha value is -2.27. The number of amides is 2. The van der Waals surface area contributed by atoms with Crippen LogP contribution in [-0.2, 0) is 10.2 Å². The minimum atomic E-state index is -0.382. The number of benzene rings is 1. The monoisotopic (exact) mass is 327 g/mol. The van der Waals surface area contributed by atoms with E-state index in [1.165, 1.54) is 5.56 Å². The molecule has 1 aromatic heterocycles. The third-order valence-electron chi connectivity index (χ3n) is 3.58. The first kappa shape index (κ1) is 15.6. The van der Waals surface area contributed by atoms with Gasteiger partial charge in [0.2, 0.25) is 0 Å². The van der Waals surface area contributed by atoms with Crippen LogP contribution in [-0.4, -0.2) is 11.1 Å². The molecule has 0 spiro atoms. The van der Waals surface area contributed by atoms with Crippen LogP contribution in [0.15, 0.2) is 45.7 Å². The molecule has 1 fully saturated rings. The van der Waals surface area contributed by atoms with Crippen LogP contribution in [0.1, 0.15) is 32.1 Å². The molecule has 4 nitrogen and oxygen atoms in total. The molecule has 0 atom stereocenters. The average molecular weight is 327 g/mol. The molecular formula is C18H17NO3S. The van der Waals surface area contributed by atoms with Gasteiger partial charge in [0.25, 0.3) is 11.1 Å². The minimum Gasteiger partial charge on any atom is -0.457 e. The van der Waals surface area contributed by atoms with Crippen molar-refractivity contribution in [2.75, 3.05) is 0 Å². The van der Waals surface area contributed by atoms with E-state index in [-0.39, 0.29) is 16.6 Å². The Bertz CT molecular complexity index is 794. The molecule has 1 saturated heterocycles. The smallest absolute Gasteiger partial charge is 0.290 e. The minimum absolute atomic E-state index is 0.108. The summed E-state index contributed by atoms with van der Waals surface area (Å²) in [7, 11) is 0. The lowest BCUT2D eigenvalue weighted by Gasteiger charge is -2.18. The van der Waals surface area contributed by atoms with Gasteiger partial charge >= 0.3 is 0 Å². The molecule has 1 aliphatic rings. The first-order valence-corrected chi connectivity index (χ1v) is 8.10. The fraction of sp³-hybridized carbons (Fsp3) is 0.222. The van der Waals surface area contributed by atoms with Crippen LogP contribution in [0.4, 0.5) is 4.79 Å². The molecule has 0 saturated carbocycles. The zero-order chi connectivity index (χ0) is 16.6. The summed E-state index contributed by atoms with van der Waals surface area (Å²) >= 11 is 0.880. The summed E-state index contributed by atoms with van der Waals surface area (Å²) in [5.74, 6) is 0.895. The largest absolute Gasteiger partial charge is 0.457 e. The molecule has 0 radical (unpaired) electrons. The van der Waals surface area contributed by atoms with Crippen LogP contribution in [0.2, 0.25) is 0 Å². The van der Waals surface area contributed by atoms with Gasteiger partial charge in [-0.2, -0.15) is 0 Å². The lowest BCUT2D eigenvalue weighted by Crippen LogP contribution is -2.17. The van der Waals surface area contributed by atoms with Gasteiger partial charge in [-0.25, -0.2) is 0 Å². The molecule has 2 heterocycles. The lowest BCUT2D eigenvalue weighted by atomic mass is 9.86. The molecule has 0 aliphatic carbocycles. The maximum Gasteiger partial charge on any atom is 0.290 e. The Labute approximate surface area is 139 Å². The fourth-order valence-electron chi connectivity index (χ4n) is 2.27. The van der Waals surface area contributed by atoms with Crippen molar-refractivity contribution in [1.82, 2.24) is 5.32 Å². The van der Waals surface area contributed by atoms with Crippen LogP contribution in [0.5, 0.6) is 0 Å².